The van der Waals surface area contributed by atoms with Gasteiger partial charge in [0.2, 0.25) is 11.7 Å². The van der Waals surface area contributed by atoms with Crippen LogP contribution < -0.4 is 5.32 Å². The summed E-state index contributed by atoms with van der Waals surface area (Å²) in [5, 5.41) is 15.5. The molecule has 0 spiro atoms. The van der Waals surface area contributed by atoms with E-state index < -0.39 is 0 Å². The molecule has 0 saturated heterocycles. The lowest BCUT2D eigenvalue weighted by Crippen LogP contribution is -2.21. The van der Waals surface area contributed by atoms with Crippen molar-refractivity contribution in [1.29, 1.82) is 0 Å². The van der Waals surface area contributed by atoms with Crippen LogP contribution in [0.5, 0.6) is 0 Å². The summed E-state index contributed by atoms with van der Waals surface area (Å²) in [5.41, 5.74) is 2.34. The van der Waals surface area contributed by atoms with Crippen molar-refractivity contribution in [2.45, 2.75) is 13.5 Å². The van der Waals surface area contributed by atoms with Crippen LogP contribution in [0, 0.1) is 6.92 Å². The number of hydrogen-bond acceptors (Lipinski definition) is 4. The van der Waals surface area contributed by atoms with E-state index in [1.54, 1.807) is 18.2 Å². The Morgan fingerprint density at radius 3 is 2.74 bits per heavy atom. The second-order valence-corrected chi connectivity index (χ2v) is 5.38. The van der Waals surface area contributed by atoms with Crippen LogP contribution in [-0.4, -0.2) is 26.1 Å². The first-order valence-corrected chi connectivity index (χ1v) is 7.39. The number of benzene rings is 2. The van der Waals surface area contributed by atoms with Gasteiger partial charge in [-0.05, 0) is 29.8 Å². The first kappa shape index (κ1) is 15.2. The Kier molecular flexibility index (Phi) is 4.34. The smallest absolute Gasteiger partial charge is 0.248 e. The van der Waals surface area contributed by atoms with Gasteiger partial charge in [0.25, 0.3) is 0 Å². The summed E-state index contributed by atoms with van der Waals surface area (Å²) in [7, 11) is 0. The van der Waals surface area contributed by atoms with Gasteiger partial charge in [-0.15, -0.1) is 10.2 Å². The Hall–Kier alpha value is -2.73. The summed E-state index contributed by atoms with van der Waals surface area (Å²) >= 11 is 6.04. The van der Waals surface area contributed by atoms with Gasteiger partial charge in [0, 0.05) is 16.3 Å². The topological polar surface area (TPSA) is 72.7 Å². The zero-order chi connectivity index (χ0) is 16.2. The average molecular weight is 328 g/mol. The lowest BCUT2D eigenvalue weighted by molar-refractivity contribution is -0.117. The molecule has 3 rings (SSSR count). The summed E-state index contributed by atoms with van der Waals surface area (Å²) in [6.45, 7) is 1.82. The summed E-state index contributed by atoms with van der Waals surface area (Å²) < 4.78 is 0. The highest BCUT2D eigenvalue weighted by molar-refractivity contribution is 6.31. The zero-order valence-corrected chi connectivity index (χ0v) is 13.2. The van der Waals surface area contributed by atoms with E-state index in [0.29, 0.717) is 16.5 Å². The molecule has 1 heterocycles. The summed E-state index contributed by atoms with van der Waals surface area (Å²) in [5.74, 6) is 0.240. The van der Waals surface area contributed by atoms with E-state index in [-0.39, 0.29) is 12.5 Å². The van der Waals surface area contributed by atoms with E-state index in [1.807, 2.05) is 37.3 Å². The Morgan fingerprint density at radius 1 is 1.17 bits per heavy atom. The second-order valence-electron chi connectivity index (χ2n) is 4.97. The molecular weight excluding hydrogens is 314 g/mol. The van der Waals surface area contributed by atoms with Gasteiger partial charge in [-0.25, -0.2) is 0 Å². The fourth-order valence-electron chi connectivity index (χ4n) is 2.07. The monoisotopic (exact) mass is 327 g/mol. The predicted octanol–water partition coefficient (Wildman–Crippen LogP) is 2.94. The molecule has 23 heavy (non-hydrogen) atoms. The van der Waals surface area contributed by atoms with Crippen molar-refractivity contribution >= 4 is 23.2 Å². The van der Waals surface area contributed by atoms with Crippen LogP contribution in [0.25, 0.3) is 11.4 Å². The molecule has 1 aromatic heterocycles. The summed E-state index contributed by atoms with van der Waals surface area (Å²) in [6.07, 6.45) is 0. The number of nitrogens with zero attached hydrogens (tertiary/aromatic N) is 4. The van der Waals surface area contributed by atoms with Crippen molar-refractivity contribution in [2.24, 2.45) is 0 Å². The third-order valence-electron chi connectivity index (χ3n) is 3.31. The van der Waals surface area contributed by atoms with Crippen LogP contribution in [0.15, 0.2) is 48.5 Å². The first-order chi connectivity index (χ1) is 11.1. The molecule has 0 unspecified atom stereocenters. The lowest BCUT2D eigenvalue weighted by Gasteiger charge is -2.08. The highest BCUT2D eigenvalue weighted by atomic mass is 35.5. The Labute approximate surface area is 138 Å². The predicted molar refractivity (Wildman–Crippen MR) is 88.1 cm³/mol. The summed E-state index contributed by atoms with van der Waals surface area (Å²) in [4.78, 5) is 13.4. The van der Waals surface area contributed by atoms with Crippen molar-refractivity contribution in [2.75, 3.05) is 5.32 Å². The van der Waals surface area contributed by atoms with Gasteiger partial charge >= 0.3 is 0 Å². The van der Waals surface area contributed by atoms with Crippen LogP contribution in [0.1, 0.15) is 5.56 Å². The summed E-state index contributed by atoms with van der Waals surface area (Å²) in [6, 6.07) is 14.8. The Morgan fingerprint density at radius 2 is 1.96 bits per heavy atom. The van der Waals surface area contributed by atoms with Gasteiger partial charge < -0.3 is 5.32 Å². The van der Waals surface area contributed by atoms with Crippen molar-refractivity contribution < 1.29 is 4.79 Å². The van der Waals surface area contributed by atoms with Crippen LogP contribution in [0.2, 0.25) is 5.02 Å². The van der Waals surface area contributed by atoms with Crippen LogP contribution in [0.4, 0.5) is 5.69 Å². The molecule has 0 aliphatic carbocycles. The minimum Gasteiger partial charge on any atom is -0.324 e. The number of aromatic nitrogens is 4. The number of amides is 1. The van der Waals surface area contributed by atoms with Gasteiger partial charge in [0.1, 0.15) is 6.54 Å². The Balaban J connectivity index is 1.69. The van der Waals surface area contributed by atoms with E-state index in [4.69, 9.17) is 11.6 Å². The molecule has 7 heteroatoms. The Bertz CT molecular complexity index is 831. The van der Waals surface area contributed by atoms with E-state index >= 15 is 0 Å². The van der Waals surface area contributed by atoms with Crippen LogP contribution in [0.3, 0.4) is 0 Å². The van der Waals surface area contributed by atoms with E-state index in [2.05, 4.69) is 20.7 Å². The molecule has 116 valence electrons. The fraction of sp³-hybridized carbons (Fsp3) is 0.125. The number of tetrazole rings is 1. The highest BCUT2D eigenvalue weighted by Crippen LogP contribution is 2.22. The third-order valence-corrected chi connectivity index (χ3v) is 3.72. The molecule has 0 bridgehead atoms. The van der Waals surface area contributed by atoms with E-state index in [9.17, 15) is 4.79 Å². The van der Waals surface area contributed by atoms with E-state index in [1.165, 1.54) is 4.80 Å². The molecule has 0 aliphatic heterocycles. The quantitative estimate of drug-likeness (QED) is 0.799. The number of halogens is 1. The van der Waals surface area contributed by atoms with Gasteiger partial charge in [0.05, 0.1) is 0 Å². The van der Waals surface area contributed by atoms with Crippen molar-refractivity contribution in [3.05, 3.63) is 59.1 Å². The maximum atomic E-state index is 12.1. The maximum absolute atomic E-state index is 12.1. The fourth-order valence-corrected chi connectivity index (χ4v) is 2.25. The number of hydrogen-bond donors (Lipinski definition) is 1. The van der Waals surface area contributed by atoms with Crippen LogP contribution in [-0.2, 0) is 11.3 Å². The standard InChI is InChI=1S/C16H14ClN5O/c1-11-13(17)8-5-9-14(11)18-15(23)10-22-20-16(19-21-22)12-6-3-2-4-7-12/h2-9H,10H2,1H3,(H,18,23). The molecule has 3 aromatic rings. The lowest BCUT2D eigenvalue weighted by atomic mass is 10.2. The van der Waals surface area contributed by atoms with Crippen molar-refractivity contribution in [1.82, 2.24) is 20.2 Å². The minimum absolute atomic E-state index is 0.0220. The molecule has 0 saturated carbocycles. The van der Waals surface area contributed by atoms with E-state index in [0.717, 1.165) is 11.1 Å². The molecule has 6 nitrogen and oxygen atoms in total. The molecule has 0 aliphatic rings. The van der Waals surface area contributed by atoms with Gasteiger partial charge in [-0.1, -0.05) is 48.0 Å². The number of nitrogens with one attached hydrogen (secondary N) is 1. The van der Waals surface area contributed by atoms with Crippen molar-refractivity contribution in [3.8, 4) is 11.4 Å². The molecule has 0 atom stereocenters. The zero-order valence-electron chi connectivity index (χ0n) is 12.4. The molecule has 0 radical (unpaired) electrons. The molecule has 1 amide bonds. The largest absolute Gasteiger partial charge is 0.324 e. The number of rotatable bonds is 4. The molecule has 2 aromatic carbocycles. The normalized spacial score (nSPS) is 10.5. The van der Waals surface area contributed by atoms with Crippen molar-refractivity contribution in [3.63, 3.8) is 0 Å². The maximum Gasteiger partial charge on any atom is 0.248 e. The molecular formula is C16H14ClN5O. The highest BCUT2D eigenvalue weighted by Gasteiger charge is 2.11. The SMILES string of the molecule is Cc1c(Cl)cccc1NC(=O)Cn1nnc(-c2ccccc2)n1. The average Bonchev–Trinajstić information content (AvgIpc) is 3.01. The minimum atomic E-state index is -0.243. The number of carbonyl (C=O) groups excluding carboxylic acids is 1. The van der Waals surface area contributed by atoms with Gasteiger partial charge in [0.15, 0.2) is 0 Å². The third kappa shape index (κ3) is 3.54. The number of anilines is 1. The van der Waals surface area contributed by atoms with Gasteiger partial charge in [-0.3, -0.25) is 4.79 Å². The van der Waals surface area contributed by atoms with Gasteiger partial charge in [-0.2, -0.15) is 4.80 Å². The molecule has 0 fully saturated rings. The van der Waals surface area contributed by atoms with Crippen LogP contribution >= 0.6 is 11.6 Å². The molecule has 1 N–H and O–H groups in total. The second kappa shape index (κ2) is 6.58. The number of carbonyl (C=O) groups is 1. The first-order valence-electron chi connectivity index (χ1n) is 7.01.